The van der Waals surface area contributed by atoms with E-state index in [-0.39, 0.29) is 13.3 Å². The maximum Gasteiger partial charge on any atom is 0.426 e. The summed E-state index contributed by atoms with van der Waals surface area (Å²) >= 11 is 11.7. The number of sulfone groups is 1. The minimum Gasteiger partial charge on any atom is -0.392 e. The van der Waals surface area contributed by atoms with Crippen LogP contribution in [0.25, 0.3) is 0 Å². The van der Waals surface area contributed by atoms with Crippen LogP contribution in [0.4, 0.5) is 18.9 Å². The van der Waals surface area contributed by atoms with Crippen molar-refractivity contribution in [3.63, 3.8) is 0 Å². The topological polar surface area (TPSA) is 104 Å². The quantitative estimate of drug-likeness (QED) is 0.634. The van der Waals surface area contributed by atoms with Gasteiger partial charge in [-0.3, -0.25) is 4.79 Å². The van der Waals surface area contributed by atoms with Crippen molar-refractivity contribution >= 4 is 44.6 Å². The highest BCUT2D eigenvalue weighted by Gasteiger charge is 2.55. The fraction of sp³-hybridized carbons (Fsp3) is 0.500. The van der Waals surface area contributed by atoms with Crippen molar-refractivity contribution in [1.29, 1.82) is 0 Å². The van der Waals surface area contributed by atoms with Crippen LogP contribution in [0, 0.1) is 0 Å². The molecule has 3 N–H and O–H groups in total. The predicted octanol–water partition coefficient (Wildman–Crippen LogP) is 2.79. The smallest absolute Gasteiger partial charge is 0.392 e. The molecule has 0 saturated carbocycles. The SMILES string of the molecule is CCC(O)CS(=O)(=O)c1ccc(NC(=O)[C@@](C)(O)C(F)(F)F)c(Cl)c1Cl. The largest absolute Gasteiger partial charge is 0.426 e. The van der Waals surface area contributed by atoms with E-state index >= 15 is 0 Å². The third-order valence-electron chi connectivity index (χ3n) is 3.51. The van der Waals surface area contributed by atoms with Gasteiger partial charge in [-0.05, 0) is 25.5 Å². The van der Waals surface area contributed by atoms with Crippen molar-refractivity contribution in [3.05, 3.63) is 22.2 Å². The monoisotopic (exact) mass is 437 g/mol. The number of aliphatic hydroxyl groups is 2. The molecule has 26 heavy (non-hydrogen) atoms. The molecule has 0 saturated heterocycles. The molecule has 0 fully saturated rings. The summed E-state index contributed by atoms with van der Waals surface area (Å²) in [5.41, 5.74) is -4.11. The number of amides is 1. The molecule has 1 aromatic rings. The standard InChI is InChI=1S/C14H16Cl2F3NO5S/c1-3-7(21)6-26(24,25)9-5-4-8(10(15)11(9)16)20-12(22)13(2,23)14(17,18)19/h4-5,7,21,23H,3,6H2,1-2H3,(H,20,22)/t7?,13-/m1/s1. The Morgan fingerprint density at radius 3 is 2.27 bits per heavy atom. The van der Waals surface area contributed by atoms with Gasteiger partial charge in [-0.25, -0.2) is 8.42 Å². The molecule has 148 valence electrons. The Bertz CT molecular complexity index is 797. The Balaban J connectivity index is 3.22. The maximum atomic E-state index is 12.7. The highest BCUT2D eigenvalue weighted by Crippen LogP contribution is 2.37. The number of benzene rings is 1. The van der Waals surface area contributed by atoms with Crippen LogP contribution in [0.2, 0.25) is 10.0 Å². The second kappa shape index (κ2) is 7.89. The first kappa shape index (κ1) is 23.0. The van der Waals surface area contributed by atoms with Gasteiger partial charge in [-0.2, -0.15) is 13.2 Å². The average Bonchev–Trinajstić information content (AvgIpc) is 2.49. The molecule has 12 heteroatoms. The van der Waals surface area contributed by atoms with Gasteiger partial charge >= 0.3 is 6.18 Å². The van der Waals surface area contributed by atoms with Crippen LogP contribution in [-0.2, 0) is 14.6 Å². The van der Waals surface area contributed by atoms with E-state index in [1.807, 2.05) is 0 Å². The van der Waals surface area contributed by atoms with E-state index in [1.54, 1.807) is 12.2 Å². The lowest BCUT2D eigenvalue weighted by atomic mass is 10.1. The average molecular weight is 438 g/mol. The maximum absolute atomic E-state index is 12.7. The Kier molecular flexibility index (Phi) is 6.97. The van der Waals surface area contributed by atoms with Crippen LogP contribution in [0.5, 0.6) is 0 Å². The molecular weight excluding hydrogens is 422 g/mol. The second-order valence-electron chi connectivity index (χ2n) is 5.61. The number of nitrogens with one attached hydrogen (secondary N) is 1. The molecule has 0 aliphatic carbocycles. The molecule has 0 heterocycles. The fourth-order valence-corrected chi connectivity index (χ4v) is 4.06. The molecule has 0 bridgehead atoms. The molecule has 0 aliphatic heterocycles. The summed E-state index contributed by atoms with van der Waals surface area (Å²) in [6.45, 7) is 1.82. The summed E-state index contributed by atoms with van der Waals surface area (Å²) in [6, 6.07) is 1.87. The molecule has 2 atom stereocenters. The van der Waals surface area contributed by atoms with Gasteiger partial charge < -0.3 is 15.5 Å². The number of rotatable bonds is 6. The predicted molar refractivity (Wildman–Crippen MR) is 90.1 cm³/mol. The zero-order valence-electron chi connectivity index (χ0n) is 13.6. The second-order valence-corrected chi connectivity index (χ2v) is 8.37. The Hall–Kier alpha value is -1.07. The highest BCUT2D eigenvalue weighted by atomic mass is 35.5. The number of carbonyl (C=O) groups is 1. The van der Waals surface area contributed by atoms with Crippen molar-refractivity contribution in [1.82, 2.24) is 0 Å². The molecule has 1 aromatic carbocycles. The van der Waals surface area contributed by atoms with Crippen LogP contribution in [0.1, 0.15) is 20.3 Å². The van der Waals surface area contributed by atoms with E-state index in [0.717, 1.165) is 12.1 Å². The molecule has 1 amide bonds. The van der Waals surface area contributed by atoms with Crippen LogP contribution >= 0.6 is 23.2 Å². The first-order chi connectivity index (χ1) is 11.6. The number of hydrogen-bond donors (Lipinski definition) is 3. The van der Waals surface area contributed by atoms with Crippen molar-refractivity contribution in [2.75, 3.05) is 11.1 Å². The summed E-state index contributed by atoms with van der Waals surface area (Å²) in [7, 11) is -4.03. The van der Waals surface area contributed by atoms with Crippen molar-refractivity contribution < 1.29 is 36.6 Å². The van der Waals surface area contributed by atoms with E-state index in [9.17, 15) is 36.6 Å². The van der Waals surface area contributed by atoms with Gasteiger partial charge in [0.15, 0.2) is 9.84 Å². The zero-order valence-corrected chi connectivity index (χ0v) is 15.9. The van der Waals surface area contributed by atoms with E-state index < -0.39 is 60.0 Å². The molecule has 0 aliphatic rings. The molecule has 0 aromatic heterocycles. The Labute approximate surface area is 157 Å². The van der Waals surface area contributed by atoms with Crippen LogP contribution in [-0.4, -0.2) is 48.2 Å². The summed E-state index contributed by atoms with van der Waals surface area (Å²) in [4.78, 5) is 11.2. The third kappa shape index (κ3) is 4.80. The van der Waals surface area contributed by atoms with E-state index in [1.165, 1.54) is 0 Å². The van der Waals surface area contributed by atoms with Gasteiger partial charge in [-0.15, -0.1) is 0 Å². The van der Waals surface area contributed by atoms with E-state index in [0.29, 0.717) is 0 Å². The van der Waals surface area contributed by atoms with Crippen LogP contribution in [0.15, 0.2) is 17.0 Å². The lowest BCUT2D eigenvalue weighted by Crippen LogP contribution is -2.52. The van der Waals surface area contributed by atoms with Gasteiger partial charge in [0.25, 0.3) is 5.91 Å². The summed E-state index contributed by atoms with van der Waals surface area (Å²) in [6.07, 6.45) is -6.21. The minimum absolute atomic E-state index is 0.172. The summed E-state index contributed by atoms with van der Waals surface area (Å²) in [5.74, 6) is -2.45. The number of aliphatic hydroxyl groups excluding tert-OH is 1. The Morgan fingerprint density at radius 1 is 1.27 bits per heavy atom. The third-order valence-corrected chi connectivity index (χ3v) is 6.34. The highest BCUT2D eigenvalue weighted by molar-refractivity contribution is 7.91. The summed E-state index contributed by atoms with van der Waals surface area (Å²) < 4.78 is 62.4. The van der Waals surface area contributed by atoms with Crippen molar-refractivity contribution in [2.45, 2.75) is 43.0 Å². The lowest BCUT2D eigenvalue weighted by molar-refractivity contribution is -0.242. The fourth-order valence-electron chi connectivity index (χ4n) is 1.70. The molecule has 1 unspecified atom stereocenters. The first-order valence-electron chi connectivity index (χ1n) is 7.14. The minimum atomic E-state index is -5.24. The van der Waals surface area contributed by atoms with Crippen molar-refractivity contribution in [3.8, 4) is 0 Å². The van der Waals surface area contributed by atoms with Gasteiger partial charge in [0.2, 0.25) is 5.60 Å². The molecule has 6 nitrogen and oxygen atoms in total. The number of anilines is 1. The normalized spacial score (nSPS) is 16.0. The zero-order chi connectivity index (χ0) is 20.5. The number of alkyl halides is 3. The number of carbonyl (C=O) groups excluding carboxylic acids is 1. The van der Waals surface area contributed by atoms with Gasteiger partial charge in [0.1, 0.15) is 0 Å². The molecule has 1 rings (SSSR count). The molecule has 0 radical (unpaired) electrons. The van der Waals surface area contributed by atoms with E-state index in [4.69, 9.17) is 23.2 Å². The lowest BCUT2D eigenvalue weighted by Gasteiger charge is -2.25. The van der Waals surface area contributed by atoms with Gasteiger partial charge in [-0.1, -0.05) is 30.1 Å². The van der Waals surface area contributed by atoms with Gasteiger partial charge in [0.05, 0.1) is 32.5 Å². The number of hydrogen-bond acceptors (Lipinski definition) is 5. The molecular formula is C14H16Cl2F3NO5S. The van der Waals surface area contributed by atoms with Crippen molar-refractivity contribution in [2.24, 2.45) is 0 Å². The summed E-state index contributed by atoms with van der Waals surface area (Å²) in [5, 5.41) is 19.5. The molecule has 0 spiro atoms. The van der Waals surface area contributed by atoms with Crippen LogP contribution < -0.4 is 5.32 Å². The van der Waals surface area contributed by atoms with Gasteiger partial charge in [0, 0.05) is 0 Å². The van der Waals surface area contributed by atoms with E-state index in [2.05, 4.69) is 0 Å². The Morgan fingerprint density at radius 2 is 1.81 bits per heavy atom. The van der Waals surface area contributed by atoms with Crippen LogP contribution in [0.3, 0.4) is 0 Å². The number of halogens is 5. The first-order valence-corrected chi connectivity index (χ1v) is 9.55.